The fourth-order valence-corrected chi connectivity index (χ4v) is 1.65. The van der Waals surface area contributed by atoms with Gasteiger partial charge in [0.15, 0.2) is 11.5 Å². The Kier molecular flexibility index (Phi) is 5.95. The lowest BCUT2D eigenvalue weighted by Gasteiger charge is -2.15. The van der Waals surface area contributed by atoms with E-state index in [0.29, 0.717) is 29.6 Å². The molecule has 0 radical (unpaired) electrons. The molecule has 0 heterocycles. The van der Waals surface area contributed by atoms with Crippen LogP contribution in [0.25, 0.3) is 0 Å². The zero-order chi connectivity index (χ0) is 14.3. The molecule has 0 bridgehead atoms. The summed E-state index contributed by atoms with van der Waals surface area (Å²) in [4.78, 5) is 4.37. The number of aliphatic imine (C=N–C) groups is 1. The molecule has 0 spiro atoms. The standard InChI is InChI=1S/C13H21N3O3/c1-5-6-15-13(16-14)9-7-11(18-3)12(19-4)8-10(9)17-2/h7-8H,5-6,14H2,1-4H3,(H,15,16). The summed E-state index contributed by atoms with van der Waals surface area (Å²) >= 11 is 0. The van der Waals surface area contributed by atoms with Gasteiger partial charge in [0.05, 0.1) is 26.9 Å². The van der Waals surface area contributed by atoms with Crippen molar-refractivity contribution < 1.29 is 14.2 Å². The summed E-state index contributed by atoms with van der Waals surface area (Å²) in [6.45, 7) is 2.72. The van der Waals surface area contributed by atoms with Crippen LogP contribution in [0.1, 0.15) is 18.9 Å². The third kappa shape index (κ3) is 3.51. The second kappa shape index (κ2) is 7.48. The maximum atomic E-state index is 5.52. The van der Waals surface area contributed by atoms with E-state index in [9.17, 15) is 0 Å². The van der Waals surface area contributed by atoms with E-state index >= 15 is 0 Å². The van der Waals surface area contributed by atoms with Crippen molar-refractivity contribution in [2.75, 3.05) is 27.9 Å². The van der Waals surface area contributed by atoms with Gasteiger partial charge in [0.1, 0.15) is 11.6 Å². The van der Waals surface area contributed by atoms with Crippen LogP contribution in [-0.4, -0.2) is 33.7 Å². The van der Waals surface area contributed by atoms with E-state index in [1.807, 2.05) is 6.92 Å². The number of benzene rings is 1. The molecule has 0 saturated carbocycles. The van der Waals surface area contributed by atoms with E-state index in [-0.39, 0.29) is 0 Å². The molecule has 0 aliphatic rings. The number of ether oxygens (including phenoxy) is 3. The lowest BCUT2D eigenvalue weighted by atomic mass is 10.1. The summed E-state index contributed by atoms with van der Waals surface area (Å²) in [5, 5.41) is 0. The molecule has 0 unspecified atom stereocenters. The Morgan fingerprint density at radius 2 is 1.68 bits per heavy atom. The van der Waals surface area contributed by atoms with E-state index in [1.54, 1.807) is 33.5 Å². The first-order chi connectivity index (χ1) is 9.21. The van der Waals surface area contributed by atoms with E-state index in [0.717, 1.165) is 12.0 Å². The molecule has 1 aromatic rings. The number of methoxy groups -OCH3 is 3. The maximum Gasteiger partial charge on any atom is 0.164 e. The number of hydrogen-bond acceptors (Lipinski definition) is 5. The van der Waals surface area contributed by atoms with E-state index in [2.05, 4.69) is 10.4 Å². The highest BCUT2D eigenvalue weighted by atomic mass is 16.5. The number of nitrogens with zero attached hydrogens (tertiary/aromatic N) is 1. The third-order valence-electron chi connectivity index (χ3n) is 2.59. The zero-order valence-electron chi connectivity index (χ0n) is 11.8. The highest BCUT2D eigenvalue weighted by molar-refractivity contribution is 6.01. The van der Waals surface area contributed by atoms with Gasteiger partial charge in [-0.05, 0) is 12.5 Å². The quantitative estimate of drug-likeness (QED) is 0.352. The van der Waals surface area contributed by atoms with E-state index in [4.69, 9.17) is 20.1 Å². The van der Waals surface area contributed by atoms with Crippen molar-refractivity contribution in [1.29, 1.82) is 0 Å². The Morgan fingerprint density at radius 1 is 1.11 bits per heavy atom. The average molecular weight is 267 g/mol. The maximum absolute atomic E-state index is 5.52. The predicted octanol–water partition coefficient (Wildman–Crippen LogP) is 1.33. The van der Waals surface area contributed by atoms with Crippen LogP contribution in [0.5, 0.6) is 17.2 Å². The predicted molar refractivity (Wildman–Crippen MR) is 75.1 cm³/mol. The second-order valence-electron chi connectivity index (χ2n) is 3.78. The molecule has 0 amide bonds. The van der Waals surface area contributed by atoms with Crippen LogP contribution in [0, 0.1) is 0 Å². The van der Waals surface area contributed by atoms with Crippen molar-refractivity contribution in [3.8, 4) is 17.2 Å². The van der Waals surface area contributed by atoms with Crippen LogP contribution in [-0.2, 0) is 0 Å². The van der Waals surface area contributed by atoms with Crippen molar-refractivity contribution in [3.63, 3.8) is 0 Å². The number of nitrogens with one attached hydrogen (secondary N) is 1. The molecule has 6 heteroatoms. The first-order valence-corrected chi connectivity index (χ1v) is 6.03. The van der Waals surface area contributed by atoms with Crippen LogP contribution in [0.4, 0.5) is 0 Å². The minimum absolute atomic E-state index is 0.555. The van der Waals surface area contributed by atoms with Crippen molar-refractivity contribution >= 4 is 5.84 Å². The Balaban J connectivity index is 3.31. The topological polar surface area (TPSA) is 78.1 Å². The number of rotatable bonds is 6. The normalized spacial score (nSPS) is 11.1. The second-order valence-corrected chi connectivity index (χ2v) is 3.78. The summed E-state index contributed by atoms with van der Waals surface area (Å²) < 4.78 is 15.8. The first kappa shape index (κ1) is 15.1. The van der Waals surface area contributed by atoms with Crippen LogP contribution < -0.4 is 25.5 Å². The molecule has 19 heavy (non-hydrogen) atoms. The Labute approximate surface area is 113 Å². The van der Waals surface area contributed by atoms with Gasteiger partial charge < -0.3 is 19.6 Å². The van der Waals surface area contributed by atoms with Gasteiger partial charge in [-0.3, -0.25) is 4.99 Å². The number of amidine groups is 1. The summed E-state index contributed by atoms with van der Waals surface area (Å²) in [5.74, 6) is 7.88. The molecular weight excluding hydrogens is 246 g/mol. The van der Waals surface area contributed by atoms with Gasteiger partial charge in [-0.15, -0.1) is 0 Å². The molecule has 0 saturated heterocycles. The van der Waals surface area contributed by atoms with Crippen LogP contribution >= 0.6 is 0 Å². The average Bonchev–Trinajstić information content (AvgIpc) is 2.47. The van der Waals surface area contributed by atoms with Crippen molar-refractivity contribution in [2.45, 2.75) is 13.3 Å². The number of hydrazine groups is 1. The molecular formula is C13H21N3O3. The van der Waals surface area contributed by atoms with Gasteiger partial charge in [0.2, 0.25) is 0 Å². The van der Waals surface area contributed by atoms with Gasteiger partial charge in [-0.25, -0.2) is 5.84 Å². The van der Waals surface area contributed by atoms with Crippen LogP contribution in [0.3, 0.4) is 0 Å². The van der Waals surface area contributed by atoms with Crippen molar-refractivity contribution in [2.24, 2.45) is 10.8 Å². The molecule has 3 N–H and O–H groups in total. The largest absolute Gasteiger partial charge is 0.496 e. The lowest BCUT2D eigenvalue weighted by molar-refractivity contribution is 0.348. The minimum atomic E-state index is 0.555. The smallest absolute Gasteiger partial charge is 0.164 e. The van der Waals surface area contributed by atoms with Gasteiger partial charge >= 0.3 is 0 Å². The molecule has 0 fully saturated rings. The van der Waals surface area contributed by atoms with Crippen molar-refractivity contribution in [1.82, 2.24) is 5.43 Å². The highest BCUT2D eigenvalue weighted by Crippen LogP contribution is 2.34. The summed E-state index contributed by atoms with van der Waals surface area (Å²) in [5.41, 5.74) is 3.32. The molecule has 0 aliphatic heterocycles. The summed E-state index contributed by atoms with van der Waals surface area (Å²) in [6.07, 6.45) is 0.931. The fourth-order valence-electron chi connectivity index (χ4n) is 1.65. The van der Waals surface area contributed by atoms with Gasteiger partial charge in [0, 0.05) is 12.6 Å². The number of nitrogens with two attached hydrogens (primary N) is 1. The molecule has 0 aliphatic carbocycles. The SMILES string of the molecule is CCCN=C(NN)c1cc(OC)c(OC)cc1OC. The van der Waals surface area contributed by atoms with Crippen LogP contribution in [0.2, 0.25) is 0 Å². The molecule has 106 valence electrons. The monoisotopic (exact) mass is 267 g/mol. The molecule has 1 aromatic carbocycles. The Morgan fingerprint density at radius 3 is 2.16 bits per heavy atom. The highest BCUT2D eigenvalue weighted by Gasteiger charge is 2.15. The lowest BCUT2D eigenvalue weighted by Crippen LogP contribution is -2.31. The summed E-state index contributed by atoms with van der Waals surface area (Å²) in [7, 11) is 4.73. The number of hydrogen-bond donors (Lipinski definition) is 2. The van der Waals surface area contributed by atoms with Gasteiger partial charge in [-0.1, -0.05) is 6.92 Å². The van der Waals surface area contributed by atoms with Gasteiger partial charge in [0.25, 0.3) is 0 Å². The molecule has 0 atom stereocenters. The van der Waals surface area contributed by atoms with E-state index < -0.39 is 0 Å². The first-order valence-electron chi connectivity index (χ1n) is 6.03. The van der Waals surface area contributed by atoms with E-state index in [1.165, 1.54) is 0 Å². The fraction of sp³-hybridized carbons (Fsp3) is 0.462. The molecule has 6 nitrogen and oxygen atoms in total. The molecule has 0 aromatic heterocycles. The Hall–Kier alpha value is -1.95. The molecule has 1 rings (SSSR count). The third-order valence-corrected chi connectivity index (χ3v) is 2.59. The van der Waals surface area contributed by atoms with Gasteiger partial charge in [-0.2, -0.15) is 0 Å². The van der Waals surface area contributed by atoms with Crippen LogP contribution in [0.15, 0.2) is 17.1 Å². The minimum Gasteiger partial charge on any atom is -0.496 e. The van der Waals surface area contributed by atoms with Crippen molar-refractivity contribution in [3.05, 3.63) is 17.7 Å². The summed E-state index contributed by atoms with van der Waals surface area (Å²) in [6, 6.07) is 3.53. The zero-order valence-corrected chi connectivity index (χ0v) is 11.8. The Bertz CT molecular complexity index is 447.